The summed E-state index contributed by atoms with van der Waals surface area (Å²) in [6.07, 6.45) is -0.655. The van der Waals surface area contributed by atoms with Gasteiger partial charge in [0.25, 0.3) is 0 Å². The molecule has 10 nitrogen and oxygen atoms in total. The number of carbonyl (C=O) groups is 2. The minimum Gasteiger partial charge on any atom is -0.508 e. The van der Waals surface area contributed by atoms with Crippen LogP contribution in [0.2, 0.25) is 0 Å². The van der Waals surface area contributed by atoms with Gasteiger partial charge >= 0.3 is 11.9 Å². The van der Waals surface area contributed by atoms with Gasteiger partial charge in [0.1, 0.15) is 23.0 Å². The number of phenols is 4. The molecule has 12 heteroatoms. The number of benzene rings is 4. The zero-order chi connectivity index (χ0) is 33.1. The zero-order valence-corrected chi connectivity index (χ0v) is 26.2. The summed E-state index contributed by atoms with van der Waals surface area (Å²) in [5, 5.41) is 57.8. The SMILES string of the molecule is O=C(O)Cc1c(F)n(Cc2ccc(O)cc2)c2cccc(O)c12.O=C(O)Cc1c(I)n(Cc2ccc(O)cc2)c2cccc(O)c12. The van der Waals surface area contributed by atoms with Gasteiger partial charge in [-0.1, -0.05) is 36.4 Å². The molecule has 0 fully saturated rings. The molecule has 2 heterocycles. The maximum absolute atomic E-state index is 14.7. The Balaban J connectivity index is 0.000000181. The summed E-state index contributed by atoms with van der Waals surface area (Å²) < 4.78 is 18.8. The van der Waals surface area contributed by atoms with Gasteiger partial charge in [-0.2, -0.15) is 4.39 Å². The molecule has 6 aromatic rings. The number of aromatic nitrogens is 2. The molecule has 0 aliphatic rings. The fraction of sp³-hybridized carbons (Fsp3) is 0.118. The molecule has 46 heavy (non-hydrogen) atoms. The van der Waals surface area contributed by atoms with E-state index >= 15 is 0 Å². The molecule has 2 aromatic heterocycles. The summed E-state index contributed by atoms with van der Waals surface area (Å²) in [7, 11) is 0. The largest absolute Gasteiger partial charge is 0.508 e. The lowest BCUT2D eigenvalue weighted by Crippen LogP contribution is -2.06. The second-order valence-electron chi connectivity index (χ2n) is 10.5. The number of nitrogens with zero attached hydrogens (tertiary/aromatic N) is 2. The maximum Gasteiger partial charge on any atom is 0.308 e. The number of rotatable bonds is 8. The maximum atomic E-state index is 14.7. The van der Waals surface area contributed by atoms with Crippen LogP contribution in [0.1, 0.15) is 22.3 Å². The minimum absolute atomic E-state index is 0.0376. The smallest absolute Gasteiger partial charge is 0.308 e. The van der Waals surface area contributed by atoms with E-state index in [0.717, 1.165) is 20.3 Å². The fourth-order valence-corrected chi connectivity index (χ4v) is 6.26. The Morgan fingerprint density at radius 3 is 1.50 bits per heavy atom. The fourth-order valence-electron chi connectivity index (χ4n) is 5.37. The molecule has 0 spiro atoms. The van der Waals surface area contributed by atoms with E-state index in [0.29, 0.717) is 23.0 Å². The van der Waals surface area contributed by atoms with E-state index in [2.05, 4.69) is 22.6 Å². The Kier molecular flexibility index (Phi) is 9.37. The topological polar surface area (TPSA) is 165 Å². The molecule has 0 aliphatic heterocycles. The van der Waals surface area contributed by atoms with E-state index in [4.69, 9.17) is 10.2 Å². The van der Waals surface area contributed by atoms with E-state index in [1.807, 2.05) is 22.8 Å². The first-order valence-electron chi connectivity index (χ1n) is 13.9. The summed E-state index contributed by atoms with van der Waals surface area (Å²) in [5.41, 5.74) is 3.51. The van der Waals surface area contributed by atoms with Crippen molar-refractivity contribution in [2.45, 2.75) is 25.9 Å². The Morgan fingerprint density at radius 1 is 0.609 bits per heavy atom. The molecule has 0 saturated carbocycles. The molecule has 0 unspecified atom stereocenters. The van der Waals surface area contributed by atoms with Gasteiger partial charge in [0.05, 0.1) is 34.1 Å². The number of phenolic OH excluding ortho intramolecular Hbond substituents is 4. The average molecular weight is 739 g/mol. The molecule has 0 atom stereocenters. The van der Waals surface area contributed by atoms with Gasteiger partial charge in [-0.3, -0.25) is 9.59 Å². The highest BCUT2D eigenvalue weighted by Crippen LogP contribution is 2.35. The number of fused-ring (bicyclic) bond motifs is 2. The van der Waals surface area contributed by atoms with E-state index in [-0.39, 0.29) is 46.9 Å². The van der Waals surface area contributed by atoms with Crippen LogP contribution in [0, 0.1) is 9.65 Å². The van der Waals surface area contributed by atoms with Gasteiger partial charge in [0, 0.05) is 28.4 Å². The summed E-state index contributed by atoms with van der Waals surface area (Å²) in [6, 6.07) is 22.9. The molecule has 6 N–H and O–H groups in total. The highest BCUT2D eigenvalue weighted by Gasteiger charge is 2.22. The molecule has 0 saturated heterocycles. The van der Waals surface area contributed by atoms with Gasteiger partial charge in [-0.25, -0.2) is 0 Å². The van der Waals surface area contributed by atoms with E-state index in [1.165, 1.54) is 22.8 Å². The molecule has 0 radical (unpaired) electrons. The first kappa shape index (κ1) is 32.2. The zero-order valence-electron chi connectivity index (χ0n) is 24.1. The lowest BCUT2D eigenvalue weighted by molar-refractivity contribution is -0.137. The molecule has 4 aromatic carbocycles. The van der Waals surface area contributed by atoms with Gasteiger partial charge in [0.15, 0.2) is 5.95 Å². The molecule has 0 amide bonds. The highest BCUT2D eigenvalue weighted by atomic mass is 127. The number of aromatic hydroxyl groups is 4. The number of halogens is 2. The Bertz CT molecular complexity index is 1920. The third-order valence-corrected chi connectivity index (χ3v) is 8.64. The van der Waals surface area contributed by atoms with Crippen molar-refractivity contribution in [3.8, 4) is 23.0 Å². The second kappa shape index (κ2) is 13.4. The van der Waals surface area contributed by atoms with Crippen molar-refractivity contribution in [2.24, 2.45) is 0 Å². The Morgan fingerprint density at radius 2 is 1.02 bits per heavy atom. The molecular weight excluding hydrogens is 710 g/mol. The van der Waals surface area contributed by atoms with Gasteiger partial charge in [-0.05, 0) is 82.2 Å². The van der Waals surface area contributed by atoms with Crippen molar-refractivity contribution in [1.82, 2.24) is 9.13 Å². The second-order valence-corrected chi connectivity index (χ2v) is 11.5. The number of hydrogen-bond acceptors (Lipinski definition) is 6. The number of aliphatic carboxylic acids is 2. The Hall–Kier alpha value is -5.24. The third kappa shape index (κ3) is 6.71. The predicted molar refractivity (Wildman–Crippen MR) is 177 cm³/mol. The summed E-state index contributed by atoms with van der Waals surface area (Å²) >= 11 is 2.12. The number of carboxylic acid groups (broad SMARTS) is 2. The lowest BCUT2D eigenvalue weighted by Gasteiger charge is -2.08. The molecule has 236 valence electrons. The normalized spacial score (nSPS) is 11.0. The number of hydrogen-bond donors (Lipinski definition) is 6. The average Bonchev–Trinajstić information content (AvgIpc) is 3.42. The van der Waals surface area contributed by atoms with Crippen LogP contribution in [0.4, 0.5) is 4.39 Å². The van der Waals surface area contributed by atoms with Crippen LogP contribution in [0.5, 0.6) is 23.0 Å². The predicted octanol–water partition coefficient (Wildman–Crippen LogP) is 6.20. The highest BCUT2D eigenvalue weighted by molar-refractivity contribution is 14.1. The minimum atomic E-state index is -1.17. The van der Waals surface area contributed by atoms with Crippen molar-refractivity contribution in [3.05, 3.63) is 117 Å². The van der Waals surface area contributed by atoms with E-state index in [9.17, 15) is 34.4 Å². The van der Waals surface area contributed by atoms with Gasteiger partial charge in [-0.15, -0.1) is 0 Å². The van der Waals surface area contributed by atoms with E-state index < -0.39 is 24.3 Å². The van der Waals surface area contributed by atoms with Crippen molar-refractivity contribution in [2.75, 3.05) is 0 Å². The van der Waals surface area contributed by atoms with Crippen LogP contribution >= 0.6 is 22.6 Å². The van der Waals surface area contributed by atoms with Crippen LogP contribution in [-0.4, -0.2) is 51.7 Å². The standard InChI is InChI=1S/C17H14FNO4.C17H14INO4/c2*18-17-12(8-15(22)23)16-13(2-1-3-14(16)21)19(17)9-10-4-6-11(20)7-5-10/h2*1-7,20-21H,8-9H2,(H,22,23). The molecule has 6 rings (SSSR count). The Labute approximate surface area is 275 Å². The molecule has 0 bridgehead atoms. The van der Waals surface area contributed by atoms with Crippen LogP contribution < -0.4 is 0 Å². The summed E-state index contributed by atoms with van der Waals surface area (Å²) in [5.74, 6) is -2.55. The molecular formula is C34H28FIN2O8. The number of carboxylic acids is 2. The van der Waals surface area contributed by atoms with Crippen molar-refractivity contribution >= 4 is 56.3 Å². The first-order valence-corrected chi connectivity index (χ1v) is 15.0. The quantitative estimate of drug-likeness (QED) is 0.101. The third-order valence-electron chi connectivity index (χ3n) is 7.41. The van der Waals surface area contributed by atoms with Crippen LogP contribution in [0.25, 0.3) is 21.8 Å². The van der Waals surface area contributed by atoms with Crippen molar-refractivity contribution < 1.29 is 44.6 Å². The lowest BCUT2D eigenvalue weighted by atomic mass is 10.1. The van der Waals surface area contributed by atoms with Gasteiger partial charge < -0.3 is 39.8 Å². The monoisotopic (exact) mass is 738 g/mol. The summed E-state index contributed by atoms with van der Waals surface area (Å²) in [4.78, 5) is 22.2. The van der Waals surface area contributed by atoms with Crippen LogP contribution in [0.15, 0.2) is 84.9 Å². The molecule has 0 aliphatic carbocycles. The van der Waals surface area contributed by atoms with Gasteiger partial charge in [0.2, 0.25) is 0 Å². The van der Waals surface area contributed by atoms with Crippen LogP contribution in [-0.2, 0) is 35.5 Å². The summed E-state index contributed by atoms with van der Waals surface area (Å²) in [6.45, 7) is 0.684. The first-order chi connectivity index (χ1) is 21.9. The van der Waals surface area contributed by atoms with E-state index in [1.54, 1.807) is 48.5 Å². The van der Waals surface area contributed by atoms with Crippen molar-refractivity contribution in [3.63, 3.8) is 0 Å². The van der Waals surface area contributed by atoms with Crippen molar-refractivity contribution in [1.29, 1.82) is 0 Å². The van der Waals surface area contributed by atoms with Crippen LogP contribution in [0.3, 0.4) is 0 Å².